The van der Waals surface area contributed by atoms with Crippen molar-refractivity contribution in [1.29, 1.82) is 0 Å². The third kappa shape index (κ3) is 38.9. The highest BCUT2D eigenvalue weighted by molar-refractivity contribution is 5.69. The first-order valence-electron chi connectivity index (χ1n) is 27.6. The van der Waals surface area contributed by atoms with Crippen LogP contribution in [0.15, 0.2) is 24.3 Å². The molecule has 0 spiro atoms. The monoisotopic (exact) mass is 1100 g/mol. The highest BCUT2D eigenvalue weighted by Crippen LogP contribution is 2.40. The fourth-order valence-electron chi connectivity index (χ4n) is 7.78. The number of piperidine rings is 1. The topological polar surface area (TPSA) is 119 Å². The van der Waals surface area contributed by atoms with Gasteiger partial charge < -0.3 is 38.1 Å². The Kier molecular flexibility index (Phi) is 39.9. The van der Waals surface area contributed by atoms with Crippen molar-refractivity contribution in [2.75, 3.05) is 72.5 Å². The second-order valence-electron chi connectivity index (χ2n) is 19.3. The van der Waals surface area contributed by atoms with Crippen molar-refractivity contribution in [3.8, 4) is 0 Å². The second-order valence-corrected chi connectivity index (χ2v) is 19.3. The molecule has 1 heterocycles. The second kappa shape index (κ2) is 42.8. The van der Waals surface area contributed by atoms with Gasteiger partial charge in [0.1, 0.15) is 19.8 Å². The van der Waals surface area contributed by atoms with Crippen molar-refractivity contribution in [3.05, 3.63) is 24.3 Å². The summed E-state index contributed by atoms with van der Waals surface area (Å²) in [5.74, 6) is -11.6. The first kappa shape index (κ1) is 69.8. The molecule has 0 aromatic carbocycles. The lowest BCUT2D eigenvalue weighted by atomic mass is 10.1. The van der Waals surface area contributed by atoms with Gasteiger partial charge in [-0.25, -0.2) is 4.79 Å². The number of hydrogen-bond acceptors (Lipinski definition) is 11. The zero-order valence-corrected chi connectivity index (χ0v) is 44.6. The molecular weight excluding hydrogens is 1010 g/mol. The molecule has 1 aliphatic heterocycles. The van der Waals surface area contributed by atoms with Gasteiger partial charge in [-0.1, -0.05) is 95.4 Å². The molecule has 1 unspecified atom stereocenters. The summed E-state index contributed by atoms with van der Waals surface area (Å²) in [5, 5.41) is 0. The summed E-state index contributed by atoms with van der Waals surface area (Å²) in [7, 11) is 0. The molecule has 75 heavy (non-hydrogen) atoms. The van der Waals surface area contributed by atoms with Crippen LogP contribution in [0.2, 0.25) is 0 Å². The van der Waals surface area contributed by atoms with E-state index in [1.165, 1.54) is 38.5 Å². The van der Waals surface area contributed by atoms with Crippen LogP contribution in [0.25, 0.3) is 0 Å². The summed E-state index contributed by atoms with van der Waals surface area (Å²) in [6, 6.07) is 0. The van der Waals surface area contributed by atoms with Crippen LogP contribution in [0.4, 0.5) is 48.7 Å². The molecule has 0 radical (unpaired) electrons. The normalized spacial score (nSPS) is 14.6. The minimum absolute atomic E-state index is 0.0240. The Balaban J connectivity index is 2.67. The molecular formula is C54H89F10NO10. The Morgan fingerprint density at radius 3 is 1.56 bits per heavy atom. The Bertz CT molecular complexity index is 1460. The van der Waals surface area contributed by atoms with Crippen molar-refractivity contribution in [1.82, 2.24) is 4.90 Å². The number of ether oxygens (including phenoxy) is 7. The van der Waals surface area contributed by atoms with Crippen molar-refractivity contribution >= 4 is 18.1 Å². The van der Waals surface area contributed by atoms with E-state index in [0.29, 0.717) is 26.1 Å². The molecule has 11 nitrogen and oxygen atoms in total. The fraction of sp³-hybridized carbons (Fsp3) is 0.870. The Labute approximate surface area is 439 Å². The minimum Gasteiger partial charge on any atom is -0.465 e. The largest absolute Gasteiger partial charge is 0.508 e. The van der Waals surface area contributed by atoms with Crippen molar-refractivity contribution in [3.63, 3.8) is 0 Å². The van der Waals surface area contributed by atoms with Crippen LogP contribution in [0.1, 0.15) is 193 Å². The van der Waals surface area contributed by atoms with E-state index < -0.39 is 67.3 Å². The summed E-state index contributed by atoms with van der Waals surface area (Å²) < 4.78 is 166. The molecule has 1 fully saturated rings. The number of alkyl halides is 10. The third-order valence-corrected chi connectivity index (χ3v) is 12.4. The maximum absolute atomic E-state index is 13.3. The number of unbranched alkanes of at least 4 members (excludes halogenated alkanes) is 14. The van der Waals surface area contributed by atoms with E-state index in [2.05, 4.69) is 36.1 Å². The van der Waals surface area contributed by atoms with Gasteiger partial charge in [-0.05, 0) is 96.6 Å². The highest BCUT2D eigenvalue weighted by Gasteiger charge is 2.57. The van der Waals surface area contributed by atoms with Crippen LogP contribution in [0.5, 0.6) is 0 Å². The number of halogens is 10. The number of nitrogens with zero attached hydrogens (tertiary/aromatic N) is 1. The molecule has 0 aromatic rings. The predicted molar refractivity (Wildman–Crippen MR) is 266 cm³/mol. The molecule has 0 aromatic heterocycles. The quantitative estimate of drug-likeness (QED) is 0.0145. The molecule has 1 rings (SSSR count). The molecule has 0 aliphatic carbocycles. The van der Waals surface area contributed by atoms with Gasteiger partial charge >= 0.3 is 42.3 Å². The van der Waals surface area contributed by atoms with Crippen LogP contribution in [-0.4, -0.2) is 126 Å². The van der Waals surface area contributed by atoms with E-state index >= 15 is 0 Å². The lowest BCUT2D eigenvalue weighted by Gasteiger charge is -2.26. The number of carbonyl (C=O) groups is 3. The third-order valence-electron chi connectivity index (χ3n) is 12.4. The molecule has 1 atom stereocenters. The summed E-state index contributed by atoms with van der Waals surface area (Å²) >= 11 is 0. The molecule has 0 saturated carbocycles. The molecule has 0 bridgehead atoms. The van der Waals surface area contributed by atoms with Crippen LogP contribution < -0.4 is 0 Å². The average Bonchev–Trinajstić information content (AvgIpc) is 3.35. The Hall–Kier alpha value is -3.17. The fourth-order valence-corrected chi connectivity index (χ4v) is 7.78. The summed E-state index contributed by atoms with van der Waals surface area (Å²) in [5.41, 5.74) is 0. The SMILES string of the molecule is CCCCC/C=C\C/C=C\CCCCCCCC(=O)OCC(COC(=O)CCC(OCCCCCCC(F)(F)C(F)(F)F)OCCCCCCC(F)(F)C(F)(F)F)COC(=O)OCCCOCCCN1CCCCC1. The van der Waals surface area contributed by atoms with E-state index in [1.807, 2.05) is 0 Å². The van der Waals surface area contributed by atoms with Crippen molar-refractivity contribution in [2.45, 2.75) is 224 Å². The van der Waals surface area contributed by atoms with E-state index in [1.54, 1.807) is 0 Å². The van der Waals surface area contributed by atoms with E-state index in [4.69, 9.17) is 33.2 Å². The van der Waals surface area contributed by atoms with E-state index in [0.717, 1.165) is 71.0 Å². The summed E-state index contributed by atoms with van der Waals surface area (Å²) in [4.78, 5) is 40.6. The number of likely N-dealkylation sites (tertiary alicyclic amines) is 1. The van der Waals surface area contributed by atoms with Gasteiger partial charge in [-0.2, -0.15) is 43.9 Å². The number of hydrogen-bond donors (Lipinski definition) is 0. The molecule has 1 saturated heterocycles. The molecule has 0 amide bonds. The van der Waals surface area contributed by atoms with Crippen LogP contribution in [0.3, 0.4) is 0 Å². The predicted octanol–water partition coefficient (Wildman–Crippen LogP) is 15.4. The first-order valence-corrected chi connectivity index (χ1v) is 27.6. The molecule has 0 N–H and O–H groups in total. The Morgan fingerprint density at radius 2 is 0.987 bits per heavy atom. The van der Waals surface area contributed by atoms with E-state index in [9.17, 15) is 58.3 Å². The first-order chi connectivity index (χ1) is 35.8. The molecule has 21 heteroatoms. The van der Waals surface area contributed by atoms with Gasteiger partial charge in [0.25, 0.3) is 0 Å². The summed E-state index contributed by atoms with van der Waals surface area (Å²) in [6.07, 6.45) is 9.26. The van der Waals surface area contributed by atoms with Gasteiger partial charge in [0.15, 0.2) is 6.29 Å². The van der Waals surface area contributed by atoms with Gasteiger partial charge in [0.2, 0.25) is 0 Å². The number of allylic oxidation sites excluding steroid dienone is 4. The number of rotatable bonds is 47. The molecule has 440 valence electrons. The van der Waals surface area contributed by atoms with Gasteiger partial charge in [0.05, 0.1) is 18.9 Å². The maximum atomic E-state index is 13.3. The van der Waals surface area contributed by atoms with Gasteiger partial charge in [-0.3, -0.25) is 9.59 Å². The zero-order valence-electron chi connectivity index (χ0n) is 44.6. The van der Waals surface area contributed by atoms with Crippen molar-refractivity contribution < 1.29 is 91.4 Å². The van der Waals surface area contributed by atoms with E-state index in [-0.39, 0.29) is 110 Å². The lowest BCUT2D eigenvalue weighted by molar-refractivity contribution is -0.284. The minimum atomic E-state index is -5.64. The average molecular weight is 1100 g/mol. The standard InChI is InChI=1S/C54H89F10NO10/c1-2-3-4-5-6-7-8-9-10-11-12-13-14-15-21-30-47(66)73-43-46(45-75-50(68)72-42-29-39-69-38-28-37-65-35-24-20-25-36-65)44-74-48(67)31-32-49(70-40-26-18-16-22-33-51(55,56)53(59,60)61)71-41-27-19-17-23-34-52(57,58)54(62,63)64/h6-7,9-10,46,49H,2-5,8,11-45H2,1H3/b7-6-,10-9-. The van der Waals surface area contributed by atoms with Crippen LogP contribution in [0, 0.1) is 5.92 Å². The lowest BCUT2D eigenvalue weighted by Crippen LogP contribution is -2.36. The van der Waals surface area contributed by atoms with Gasteiger partial charge in [-0.15, -0.1) is 0 Å². The number of esters is 2. The smallest absolute Gasteiger partial charge is 0.465 e. The zero-order chi connectivity index (χ0) is 55.5. The maximum Gasteiger partial charge on any atom is 0.508 e. The highest BCUT2D eigenvalue weighted by atomic mass is 19.4. The van der Waals surface area contributed by atoms with Crippen LogP contribution >= 0.6 is 0 Å². The van der Waals surface area contributed by atoms with Gasteiger partial charge in [0, 0.05) is 65.1 Å². The van der Waals surface area contributed by atoms with Crippen LogP contribution in [-0.2, 0) is 42.7 Å². The summed E-state index contributed by atoms with van der Waals surface area (Å²) in [6.45, 7) is 5.51. The number of carbonyl (C=O) groups excluding carboxylic acids is 3. The van der Waals surface area contributed by atoms with Crippen molar-refractivity contribution in [2.24, 2.45) is 5.92 Å². The molecule has 1 aliphatic rings. The Morgan fingerprint density at radius 1 is 0.493 bits per heavy atom.